The van der Waals surface area contributed by atoms with Crippen molar-refractivity contribution in [1.29, 1.82) is 0 Å². The fourth-order valence-electron chi connectivity index (χ4n) is 2.36. The summed E-state index contributed by atoms with van der Waals surface area (Å²) in [5, 5.41) is 6.82. The number of hydrogen-bond donors (Lipinski definition) is 1. The third-order valence-corrected chi connectivity index (χ3v) is 5.13. The standard InChI is InChI=1S/C16H17BrN2OS/c1-20-14-2-3-16-12(8-14)4-6-19(16)7-5-18-10-15-9-13(17)11-21-15/h2-4,6,8-9,11,18H,5,7,10H2,1H3. The Balaban J connectivity index is 1.58. The van der Waals surface area contributed by atoms with Gasteiger partial charge in [-0.25, -0.2) is 0 Å². The molecule has 3 aromatic rings. The van der Waals surface area contributed by atoms with Crippen molar-refractivity contribution in [1.82, 2.24) is 9.88 Å². The van der Waals surface area contributed by atoms with Gasteiger partial charge >= 0.3 is 0 Å². The maximum Gasteiger partial charge on any atom is 0.119 e. The summed E-state index contributed by atoms with van der Waals surface area (Å²) < 4.78 is 8.69. The minimum absolute atomic E-state index is 0.904. The van der Waals surface area contributed by atoms with Crippen molar-refractivity contribution in [3.8, 4) is 5.75 Å². The number of thiophene rings is 1. The number of halogens is 1. The van der Waals surface area contributed by atoms with Crippen LogP contribution >= 0.6 is 27.3 Å². The highest BCUT2D eigenvalue weighted by atomic mass is 79.9. The summed E-state index contributed by atoms with van der Waals surface area (Å²) in [6.07, 6.45) is 2.13. The fourth-order valence-corrected chi connectivity index (χ4v) is 3.78. The van der Waals surface area contributed by atoms with E-state index >= 15 is 0 Å². The number of aromatic nitrogens is 1. The van der Waals surface area contributed by atoms with Gasteiger partial charge in [0.15, 0.2) is 0 Å². The van der Waals surface area contributed by atoms with Gasteiger partial charge < -0.3 is 14.6 Å². The average molecular weight is 365 g/mol. The highest BCUT2D eigenvalue weighted by Gasteiger charge is 2.02. The monoisotopic (exact) mass is 364 g/mol. The van der Waals surface area contributed by atoms with E-state index < -0.39 is 0 Å². The molecule has 21 heavy (non-hydrogen) atoms. The van der Waals surface area contributed by atoms with Crippen molar-refractivity contribution in [2.75, 3.05) is 13.7 Å². The summed E-state index contributed by atoms with van der Waals surface area (Å²) in [6, 6.07) is 10.5. The van der Waals surface area contributed by atoms with E-state index in [1.807, 2.05) is 6.07 Å². The maximum absolute atomic E-state index is 5.26. The Morgan fingerprint density at radius 3 is 2.95 bits per heavy atom. The van der Waals surface area contributed by atoms with Gasteiger partial charge in [-0.3, -0.25) is 0 Å². The lowest BCUT2D eigenvalue weighted by atomic mass is 10.2. The molecular formula is C16H17BrN2OS. The number of fused-ring (bicyclic) bond motifs is 1. The van der Waals surface area contributed by atoms with Crippen LogP contribution in [-0.4, -0.2) is 18.2 Å². The quantitative estimate of drug-likeness (QED) is 0.661. The minimum Gasteiger partial charge on any atom is -0.497 e. The summed E-state index contributed by atoms with van der Waals surface area (Å²) in [6.45, 7) is 2.83. The number of hydrogen-bond acceptors (Lipinski definition) is 3. The molecule has 5 heteroatoms. The van der Waals surface area contributed by atoms with E-state index in [4.69, 9.17) is 4.74 Å². The molecular weight excluding hydrogens is 348 g/mol. The van der Waals surface area contributed by atoms with Gasteiger partial charge in [-0.15, -0.1) is 11.3 Å². The van der Waals surface area contributed by atoms with Crippen molar-refractivity contribution in [3.63, 3.8) is 0 Å². The molecule has 0 unspecified atom stereocenters. The number of nitrogens with zero attached hydrogens (tertiary/aromatic N) is 1. The van der Waals surface area contributed by atoms with Crippen LogP contribution < -0.4 is 10.1 Å². The predicted molar refractivity (Wildman–Crippen MR) is 92.2 cm³/mol. The van der Waals surface area contributed by atoms with Crippen LogP contribution in [0.5, 0.6) is 5.75 Å². The summed E-state index contributed by atoms with van der Waals surface area (Å²) in [5.74, 6) is 0.904. The van der Waals surface area contributed by atoms with Crippen LogP contribution in [0.25, 0.3) is 10.9 Å². The molecule has 0 spiro atoms. The van der Waals surface area contributed by atoms with Crippen molar-refractivity contribution >= 4 is 38.2 Å². The third-order valence-electron chi connectivity index (χ3n) is 3.43. The van der Waals surface area contributed by atoms with Gasteiger partial charge in [-0.2, -0.15) is 0 Å². The van der Waals surface area contributed by atoms with Gasteiger partial charge in [0.1, 0.15) is 5.75 Å². The summed E-state index contributed by atoms with van der Waals surface area (Å²) >= 11 is 5.25. The lowest BCUT2D eigenvalue weighted by molar-refractivity contribution is 0.415. The normalized spacial score (nSPS) is 11.1. The first-order chi connectivity index (χ1) is 10.3. The van der Waals surface area contributed by atoms with Gasteiger partial charge in [0.2, 0.25) is 0 Å². The number of benzene rings is 1. The first kappa shape index (κ1) is 14.6. The molecule has 3 nitrogen and oxygen atoms in total. The average Bonchev–Trinajstić information content (AvgIpc) is 3.09. The molecule has 2 heterocycles. The summed E-state index contributed by atoms with van der Waals surface area (Å²) in [5.41, 5.74) is 1.25. The lowest BCUT2D eigenvalue weighted by Crippen LogP contribution is -2.18. The zero-order valence-corrected chi connectivity index (χ0v) is 14.2. The summed E-state index contributed by atoms with van der Waals surface area (Å²) in [7, 11) is 1.70. The summed E-state index contributed by atoms with van der Waals surface area (Å²) in [4.78, 5) is 1.35. The van der Waals surface area contributed by atoms with Gasteiger partial charge in [0.25, 0.3) is 0 Å². The molecule has 0 bridgehead atoms. The van der Waals surface area contributed by atoms with Crippen LogP contribution in [0.4, 0.5) is 0 Å². The van der Waals surface area contributed by atoms with Gasteiger partial charge in [-0.05, 0) is 46.3 Å². The van der Waals surface area contributed by atoms with E-state index in [-0.39, 0.29) is 0 Å². The van der Waals surface area contributed by atoms with E-state index in [1.165, 1.54) is 15.8 Å². The smallest absolute Gasteiger partial charge is 0.119 e. The van der Waals surface area contributed by atoms with Crippen molar-refractivity contribution in [2.45, 2.75) is 13.1 Å². The van der Waals surface area contributed by atoms with E-state index in [2.05, 4.69) is 61.7 Å². The number of nitrogens with one attached hydrogen (secondary N) is 1. The van der Waals surface area contributed by atoms with E-state index in [0.717, 1.165) is 29.9 Å². The molecule has 0 radical (unpaired) electrons. The van der Waals surface area contributed by atoms with Crippen LogP contribution in [0, 0.1) is 0 Å². The van der Waals surface area contributed by atoms with Crippen molar-refractivity contribution in [2.24, 2.45) is 0 Å². The second-order valence-electron chi connectivity index (χ2n) is 4.84. The van der Waals surface area contributed by atoms with Crippen LogP contribution in [0.15, 0.2) is 46.4 Å². The van der Waals surface area contributed by atoms with Crippen molar-refractivity contribution < 1.29 is 4.74 Å². The molecule has 1 N–H and O–H groups in total. The SMILES string of the molecule is COc1ccc2c(ccn2CCNCc2cc(Br)cs2)c1. The van der Waals surface area contributed by atoms with Crippen molar-refractivity contribution in [3.05, 3.63) is 51.3 Å². The highest BCUT2D eigenvalue weighted by Crippen LogP contribution is 2.22. The van der Waals surface area contributed by atoms with E-state index in [1.54, 1.807) is 18.4 Å². The molecule has 0 aliphatic rings. The molecule has 0 saturated heterocycles. The fraction of sp³-hybridized carbons (Fsp3) is 0.250. The number of methoxy groups -OCH3 is 1. The Hall–Kier alpha value is -1.30. The van der Waals surface area contributed by atoms with Gasteiger partial charge in [0.05, 0.1) is 7.11 Å². The van der Waals surface area contributed by atoms with E-state index in [9.17, 15) is 0 Å². The van der Waals surface area contributed by atoms with Gasteiger partial charge in [0, 0.05) is 51.5 Å². The Labute approximate surface area is 136 Å². The van der Waals surface area contributed by atoms with Crippen LogP contribution in [0.1, 0.15) is 4.88 Å². The number of rotatable bonds is 6. The Morgan fingerprint density at radius 2 is 2.19 bits per heavy atom. The molecule has 3 rings (SSSR count). The first-order valence-electron chi connectivity index (χ1n) is 6.83. The molecule has 0 atom stereocenters. The molecule has 110 valence electrons. The zero-order valence-electron chi connectivity index (χ0n) is 11.8. The first-order valence-corrected chi connectivity index (χ1v) is 8.50. The highest BCUT2D eigenvalue weighted by molar-refractivity contribution is 9.10. The minimum atomic E-state index is 0.904. The number of ether oxygens (including phenoxy) is 1. The topological polar surface area (TPSA) is 26.2 Å². The molecule has 0 amide bonds. The van der Waals surface area contributed by atoms with Crippen LogP contribution in [0.3, 0.4) is 0 Å². The predicted octanol–water partition coefficient (Wildman–Crippen LogP) is 4.26. The molecule has 1 aromatic carbocycles. The second-order valence-corrected chi connectivity index (χ2v) is 6.75. The molecule has 0 aliphatic heterocycles. The Morgan fingerprint density at radius 1 is 1.29 bits per heavy atom. The maximum atomic E-state index is 5.26. The third kappa shape index (κ3) is 3.48. The van der Waals surface area contributed by atoms with E-state index in [0.29, 0.717) is 0 Å². The Bertz CT molecular complexity index is 735. The molecule has 0 aliphatic carbocycles. The molecule has 0 saturated carbocycles. The van der Waals surface area contributed by atoms with Gasteiger partial charge in [-0.1, -0.05) is 0 Å². The molecule has 0 fully saturated rings. The van der Waals surface area contributed by atoms with Crippen LogP contribution in [-0.2, 0) is 13.1 Å². The largest absolute Gasteiger partial charge is 0.497 e. The second kappa shape index (κ2) is 6.64. The Kier molecular flexibility index (Phi) is 4.63. The molecule has 2 aromatic heterocycles. The van der Waals surface area contributed by atoms with Crippen LogP contribution in [0.2, 0.25) is 0 Å². The zero-order chi connectivity index (χ0) is 14.7. The lowest BCUT2D eigenvalue weighted by Gasteiger charge is -2.07.